The Labute approximate surface area is 261 Å². The summed E-state index contributed by atoms with van der Waals surface area (Å²) in [6, 6.07) is 21.9. The Bertz CT molecular complexity index is 1600. The molecule has 4 N–H and O–H groups in total. The summed E-state index contributed by atoms with van der Waals surface area (Å²) >= 11 is 0. The molecule has 0 atom stereocenters. The van der Waals surface area contributed by atoms with E-state index in [9.17, 15) is 9.59 Å². The minimum atomic E-state index is -0.276. The van der Waals surface area contributed by atoms with E-state index in [4.69, 9.17) is 4.98 Å². The average Bonchev–Trinajstić information content (AvgIpc) is 3.04. The normalized spacial score (nSPS) is 12.4. The van der Waals surface area contributed by atoms with Crippen molar-refractivity contribution in [3.63, 3.8) is 0 Å². The van der Waals surface area contributed by atoms with Crippen LogP contribution in [0.2, 0.25) is 0 Å². The first-order chi connectivity index (χ1) is 21.5. The highest BCUT2D eigenvalue weighted by atomic mass is 16.2. The highest BCUT2D eigenvalue weighted by Crippen LogP contribution is 2.33. The molecule has 7 heteroatoms. The zero-order chi connectivity index (χ0) is 30.7. The van der Waals surface area contributed by atoms with Gasteiger partial charge >= 0.3 is 0 Å². The minimum absolute atomic E-state index is 0.0459. The molecule has 4 aromatic rings. The number of hydrogen-bond acceptors (Lipinski definition) is 5. The Kier molecular flexibility index (Phi) is 10.8. The number of pyridine rings is 1. The van der Waals surface area contributed by atoms with Gasteiger partial charge in [0.15, 0.2) is 0 Å². The van der Waals surface area contributed by atoms with Gasteiger partial charge in [0.25, 0.3) is 5.91 Å². The van der Waals surface area contributed by atoms with Gasteiger partial charge in [-0.1, -0.05) is 61.7 Å². The van der Waals surface area contributed by atoms with Crippen molar-refractivity contribution in [3.05, 3.63) is 94.7 Å². The van der Waals surface area contributed by atoms with E-state index < -0.39 is 0 Å². The summed E-state index contributed by atoms with van der Waals surface area (Å²) in [5.74, 6) is -0.446. The van der Waals surface area contributed by atoms with E-state index in [1.807, 2.05) is 30.3 Å². The smallest absolute Gasteiger partial charge is 0.253 e. The molecule has 1 aliphatic carbocycles. The first-order valence-electron chi connectivity index (χ1n) is 16.1. The van der Waals surface area contributed by atoms with Crippen molar-refractivity contribution >= 4 is 39.8 Å². The van der Waals surface area contributed by atoms with Crippen LogP contribution in [0.1, 0.15) is 77.7 Å². The fourth-order valence-corrected chi connectivity index (χ4v) is 5.94. The number of anilines is 3. The molecule has 0 fully saturated rings. The first-order valence-corrected chi connectivity index (χ1v) is 16.1. The van der Waals surface area contributed by atoms with Crippen LogP contribution in [0.5, 0.6) is 0 Å². The fourth-order valence-electron chi connectivity index (χ4n) is 5.94. The number of fused-ring (bicyclic) bond motifs is 2. The number of nitrogens with zero attached hydrogens (tertiary/aromatic N) is 1. The lowest BCUT2D eigenvalue weighted by molar-refractivity contribution is -0.120. The zero-order valence-electron chi connectivity index (χ0n) is 26.1. The van der Waals surface area contributed by atoms with Gasteiger partial charge in [0, 0.05) is 35.5 Å². The molecule has 0 radical (unpaired) electrons. The van der Waals surface area contributed by atoms with Crippen molar-refractivity contribution in [2.45, 2.75) is 71.6 Å². The van der Waals surface area contributed by atoms with Gasteiger partial charge < -0.3 is 21.3 Å². The maximum Gasteiger partial charge on any atom is 0.253 e. The lowest BCUT2D eigenvalue weighted by atomic mass is 9.92. The number of unbranched alkanes of at least 4 members (excludes halogenated alkanes) is 4. The highest BCUT2D eigenvalue weighted by molar-refractivity contribution is 6.01. The van der Waals surface area contributed by atoms with E-state index >= 15 is 0 Å². The molecule has 3 aromatic carbocycles. The predicted molar refractivity (Wildman–Crippen MR) is 181 cm³/mol. The molecule has 230 valence electrons. The standard InChI is InChI=1S/C37H45N5O2/c1-26-15-14-22-31(27(26)2)41-34-21-11-8-18-30(34)37(44)40-25-35(43)38-23-12-4-3-5-13-24-39-36-28-16-6-9-19-32(28)42-33-20-10-7-17-29(33)36/h6,8-9,11,14-16,18-19,21-22,41H,3-5,7,10,12-13,17,20,23-25H2,1-2H3,(H,38,43)(H,39,42)(H,40,44). The molecule has 1 heterocycles. The van der Waals surface area contributed by atoms with Crippen LogP contribution in [0.3, 0.4) is 0 Å². The monoisotopic (exact) mass is 591 g/mol. The SMILES string of the molecule is Cc1cccc(Nc2ccccc2C(=O)NCC(=O)NCCCCCCCNc2c3c(nc4ccccc24)CCCC3)c1C. The molecule has 0 saturated heterocycles. The van der Waals surface area contributed by atoms with Crippen molar-refractivity contribution in [1.82, 2.24) is 15.6 Å². The summed E-state index contributed by atoms with van der Waals surface area (Å²) < 4.78 is 0. The maximum atomic E-state index is 12.9. The van der Waals surface area contributed by atoms with Crippen LogP contribution in [0.15, 0.2) is 66.7 Å². The topological polar surface area (TPSA) is 95.2 Å². The van der Waals surface area contributed by atoms with E-state index in [2.05, 4.69) is 65.4 Å². The summed E-state index contributed by atoms with van der Waals surface area (Å²) in [4.78, 5) is 30.2. The van der Waals surface area contributed by atoms with Gasteiger partial charge in [-0.05, 0) is 93.3 Å². The van der Waals surface area contributed by atoms with Gasteiger partial charge in [0.05, 0.1) is 23.3 Å². The van der Waals surface area contributed by atoms with Crippen LogP contribution in [-0.2, 0) is 17.6 Å². The van der Waals surface area contributed by atoms with Gasteiger partial charge in [-0.15, -0.1) is 0 Å². The number of aromatic nitrogens is 1. The van der Waals surface area contributed by atoms with Crippen molar-refractivity contribution in [2.75, 3.05) is 30.3 Å². The van der Waals surface area contributed by atoms with E-state index in [0.29, 0.717) is 17.8 Å². The second-order valence-corrected chi connectivity index (χ2v) is 11.8. The molecule has 0 bridgehead atoms. The lowest BCUT2D eigenvalue weighted by Crippen LogP contribution is -2.37. The minimum Gasteiger partial charge on any atom is -0.384 e. The predicted octanol–water partition coefficient (Wildman–Crippen LogP) is 7.38. The van der Waals surface area contributed by atoms with Crippen molar-refractivity contribution < 1.29 is 9.59 Å². The van der Waals surface area contributed by atoms with Crippen molar-refractivity contribution in [1.29, 1.82) is 0 Å². The Balaban J connectivity index is 0.975. The Morgan fingerprint density at radius 3 is 2.36 bits per heavy atom. The number of aryl methyl sites for hydroxylation is 2. The highest BCUT2D eigenvalue weighted by Gasteiger charge is 2.18. The van der Waals surface area contributed by atoms with Crippen LogP contribution in [-0.4, -0.2) is 36.4 Å². The van der Waals surface area contributed by atoms with Crippen molar-refractivity contribution in [2.24, 2.45) is 0 Å². The Morgan fingerprint density at radius 2 is 1.48 bits per heavy atom. The van der Waals surface area contributed by atoms with Crippen LogP contribution in [0, 0.1) is 13.8 Å². The van der Waals surface area contributed by atoms with Gasteiger partial charge in [0.2, 0.25) is 5.91 Å². The molecule has 44 heavy (non-hydrogen) atoms. The Hall–Kier alpha value is -4.39. The second-order valence-electron chi connectivity index (χ2n) is 11.8. The first kappa shape index (κ1) is 31.0. The van der Waals surface area contributed by atoms with Gasteiger partial charge in [-0.25, -0.2) is 0 Å². The van der Waals surface area contributed by atoms with E-state index in [0.717, 1.165) is 68.3 Å². The summed E-state index contributed by atoms with van der Waals surface area (Å²) in [5, 5.41) is 14.1. The number of amides is 2. The van der Waals surface area contributed by atoms with Crippen LogP contribution in [0.4, 0.5) is 17.1 Å². The molecule has 0 unspecified atom stereocenters. The molecule has 1 aliphatic rings. The van der Waals surface area contributed by atoms with Gasteiger partial charge in [0.1, 0.15) is 0 Å². The van der Waals surface area contributed by atoms with E-state index in [1.165, 1.54) is 40.7 Å². The largest absolute Gasteiger partial charge is 0.384 e. The number of carbonyl (C=O) groups excluding carboxylic acids is 2. The van der Waals surface area contributed by atoms with Gasteiger partial charge in [-0.2, -0.15) is 0 Å². The zero-order valence-corrected chi connectivity index (χ0v) is 26.1. The number of benzene rings is 3. The fraction of sp³-hybridized carbons (Fsp3) is 0.378. The van der Waals surface area contributed by atoms with E-state index in [-0.39, 0.29) is 18.4 Å². The molecule has 0 aliphatic heterocycles. The number of hydrogen-bond donors (Lipinski definition) is 4. The number of carbonyl (C=O) groups is 2. The molecule has 2 amide bonds. The number of para-hydroxylation sites is 2. The van der Waals surface area contributed by atoms with Crippen LogP contribution >= 0.6 is 0 Å². The quantitative estimate of drug-likeness (QED) is 0.115. The molecule has 1 aromatic heterocycles. The molecule has 0 spiro atoms. The molecule has 7 nitrogen and oxygen atoms in total. The van der Waals surface area contributed by atoms with Crippen molar-refractivity contribution in [3.8, 4) is 0 Å². The molecular weight excluding hydrogens is 546 g/mol. The Morgan fingerprint density at radius 1 is 0.750 bits per heavy atom. The lowest BCUT2D eigenvalue weighted by Gasteiger charge is -2.21. The molecular formula is C37H45N5O2. The average molecular weight is 592 g/mol. The number of nitrogens with one attached hydrogen (secondary N) is 4. The third-order valence-electron chi connectivity index (χ3n) is 8.60. The van der Waals surface area contributed by atoms with E-state index in [1.54, 1.807) is 6.07 Å². The maximum absolute atomic E-state index is 12.9. The third-order valence-corrected chi connectivity index (χ3v) is 8.60. The van der Waals surface area contributed by atoms with Gasteiger partial charge in [-0.3, -0.25) is 14.6 Å². The van der Waals surface area contributed by atoms with Crippen LogP contribution in [0.25, 0.3) is 10.9 Å². The third kappa shape index (κ3) is 7.95. The summed E-state index contributed by atoms with van der Waals surface area (Å²) in [5.41, 5.74) is 9.56. The summed E-state index contributed by atoms with van der Waals surface area (Å²) in [7, 11) is 0. The molecule has 0 saturated carbocycles. The summed E-state index contributed by atoms with van der Waals surface area (Å²) in [6.07, 6.45) is 10.1. The summed E-state index contributed by atoms with van der Waals surface area (Å²) in [6.45, 7) is 5.65. The number of rotatable bonds is 14. The molecule has 5 rings (SSSR count). The van der Waals surface area contributed by atoms with Crippen LogP contribution < -0.4 is 21.3 Å². The second kappa shape index (κ2) is 15.4.